The smallest absolute Gasteiger partial charge is 0.420 e. The number of alkyl halides is 6. The van der Waals surface area contributed by atoms with Gasteiger partial charge in [-0.2, -0.15) is 26.3 Å². The van der Waals surface area contributed by atoms with E-state index in [0.717, 1.165) is 31.0 Å². The van der Waals surface area contributed by atoms with Crippen LogP contribution in [0.25, 0.3) is 10.9 Å². The molecule has 1 heterocycles. The molecular formula is C23H20F7N3O2. The minimum Gasteiger partial charge on any atom is -0.491 e. The van der Waals surface area contributed by atoms with E-state index in [2.05, 4.69) is 15.3 Å². The maximum atomic E-state index is 14.4. The number of benzene rings is 2. The summed E-state index contributed by atoms with van der Waals surface area (Å²) in [6.45, 7) is 1.05. The largest absolute Gasteiger partial charge is 0.491 e. The van der Waals surface area contributed by atoms with Gasteiger partial charge in [0.15, 0.2) is 0 Å². The van der Waals surface area contributed by atoms with Crippen molar-refractivity contribution in [3.8, 4) is 5.75 Å². The van der Waals surface area contributed by atoms with Gasteiger partial charge in [-0.25, -0.2) is 14.4 Å². The van der Waals surface area contributed by atoms with Crippen LogP contribution in [0.5, 0.6) is 5.75 Å². The van der Waals surface area contributed by atoms with Crippen LogP contribution in [0.4, 0.5) is 36.6 Å². The highest BCUT2D eigenvalue weighted by Gasteiger charge is 2.36. The van der Waals surface area contributed by atoms with Gasteiger partial charge >= 0.3 is 12.4 Å². The number of anilines is 1. The summed E-state index contributed by atoms with van der Waals surface area (Å²) in [5, 5.41) is 2.85. The molecule has 188 valence electrons. The van der Waals surface area contributed by atoms with Crippen LogP contribution in [-0.2, 0) is 23.6 Å². The summed E-state index contributed by atoms with van der Waals surface area (Å²) in [4.78, 5) is 8.19. The lowest BCUT2D eigenvalue weighted by Crippen LogP contribution is -2.14. The molecule has 5 nitrogen and oxygen atoms in total. The molecular weight excluding hydrogens is 483 g/mol. The third-order valence-electron chi connectivity index (χ3n) is 5.26. The molecule has 1 saturated carbocycles. The number of rotatable bonds is 8. The predicted octanol–water partition coefficient (Wildman–Crippen LogP) is 6.28. The quantitative estimate of drug-likeness (QED) is 0.290. The molecule has 0 radical (unpaired) electrons. The fourth-order valence-electron chi connectivity index (χ4n) is 3.46. The van der Waals surface area contributed by atoms with Crippen molar-refractivity contribution < 1.29 is 40.2 Å². The van der Waals surface area contributed by atoms with Crippen molar-refractivity contribution in [3.05, 3.63) is 58.7 Å². The highest BCUT2D eigenvalue weighted by Crippen LogP contribution is 2.40. The van der Waals surface area contributed by atoms with Crippen molar-refractivity contribution in [2.24, 2.45) is 0 Å². The van der Waals surface area contributed by atoms with E-state index >= 15 is 0 Å². The number of halogens is 7. The van der Waals surface area contributed by atoms with E-state index in [1.807, 2.05) is 0 Å². The average molecular weight is 503 g/mol. The lowest BCUT2D eigenvalue weighted by molar-refractivity contribution is -0.140. The van der Waals surface area contributed by atoms with E-state index < -0.39 is 41.6 Å². The molecule has 0 amide bonds. The lowest BCUT2D eigenvalue weighted by Gasteiger charge is -2.17. The van der Waals surface area contributed by atoms with Gasteiger partial charge in [0.05, 0.1) is 29.4 Å². The Labute approximate surface area is 195 Å². The molecule has 0 aliphatic heterocycles. The SMILES string of the molecule is Cc1nc(NCc2cccc(C(F)(F)F)c2F)c2cc(OCCOC3CC3)c(C(F)(F)F)cc2n1. The van der Waals surface area contributed by atoms with Crippen molar-refractivity contribution >= 4 is 16.7 Å². The zero-order chi connectivity index (χ0) is 25.4. The normalized spacial score (nSPS) is 14.4. The number of hydrogen-bond donors (Lipinski definition) is 1. The molecule has 2 aromatic carbocycles. The fraction of sp³-hybridized carbons (Fsp3) is 0.391. The summed E-state index contributed by atoms with van der Waals surface area (Å²) in [5.74, 6) is -1.77. The number of nitrogens with zero attached hydrogens (tertiary/aromatic N) is 2. The first kappa shape index (κ1) is 25.0. The number of fused-ring (bicyclic) bond motifs is 1. The van der Waals surface area contributed by atoms with Gasteiger partial charge in [-0.15, -0.1) is 0 Å². The second-order valence-corrected chi connectivity index (χ2v) is 8.03. The Kier molecular flexibility index (Phi) is 6.76. The molecule has 0 spiro atoms. The molecule has 1 aliphatic carbocycles. The molecule has 3 aromatic rings. The van der Waals surface area contributed by atoms with Crippen molar-refractivity contribution in [2.75, 3.05) is 18.5 Å². The molecule has 1 fully saturated rings. The molecule has 1 aromatic heterocycles. The van der Waals surface area contributed by atoms with E-state index in [4.69, 9.17) is 9.47 Å². The van der Waals surface area contributed by atoms with Gasteiger partial charge in [0, 0.05) is 17.5 Å². The van der Waals surface area contributed by atoms with Crippen LogP contribution < -0.4 is 10.1 Å². The fourth-order valence-corrected chi connectivity index (χ4v) is 3.46. The van der Waals surface area contributed by atoms with Gasteiger partial charge in [-0.1, -0.05) is 12.1 Å². The van der Waals surface area contributed by atoms with Crippen LogP contribution >= 0.6 is 0 Å². The van der Waals surface area contributed by atoms with Crippen LogP contribution in [-0.4, -0.2) is 29.3 Å². The summed E-state index contributed by atoms with van der Waals surface area (Å²) < 4.78 is 105. The lowest BCUT2D eigenvalue weighted by atomic mass is 10.1. The third kappa shape index (κ3) is 5.92. The predicted molar refractivity (Wildman–Crippen MR) is 112 cm³/mol. The van der Waals surface area contributed by atoms with Gasteiger partial charge in [0.25, 0.3) is 0 Å². The molecule has 0 atom stereocenters. The van der Waals surface area contributed by atoms with E-state index in [1.165, 1.54) is 13.0 Å². The zero-order valence-electron chi connectivity index (χ0n) is 18.4. The summed E-state index contributed by atoms with van der Waals surface area (Å²) in [6, 6.07) is 4.79. The first-order valence-corrected chi connectivity index (χ1v) is 10.7. The van der Waals surface area contributed by atoms with Crippen LogP contribution in [0.1, 0.15) is 35.4 Å². The van der Waals surface area contributed by atoms with Crippen LogP contribution in [0, 0.1) is 12.7 Å². The van der Waals surface area contributed by atoms with Gasteiger partial charge in [0.2, 0.25) is 0 Å². The Morgan fingerprint density at radius 2 is 1.69 bits per heavy atom. The number of nitrogens with one attached hydrogen (secondary N) is 1. The Morgan fingerprint density at radius 1 is 0.971 bits per heavy atom. The standard InChI is InChI=1S/C23H20F7N3O2/c1-12-32-18-10-17(23(28,29)30)19(35-8-7-34-14-5-6-14)9-15(18)21(33-12)31-11-13-3-2-4-16(20(13)24)22(25,26)27/h2-4,9-10,14H,5-8,11H2,1H3,(H,31,32,33). The Balaban J connectivity index is 1.65. The highest BCUT2D eigenvalue weighted by atomic mass is 19.4. The Morgan fingerprint density at radius 3 is 2.34 bits per heavy atom. The molecule has 0 saturated heterocycles. The minimum atomic E-state index is -4.87. The molecule has 1 N–H and O–H groups in total. The molecule has 12 heteroatoms. The van der Waals surface area contributed by atoms with Gasteiger partial charge < -0.3 is 14.8 Å². The van der Waals surface area contributed by atoms with Crippen molar-refractivity contribution in [1.82, 2.24) is 9.97 Å². The summed E-state index contributed by atoms with van der Waals surface area (Å²) in [7, 11) is 0. The first-order chi connectivity index (χ1) is 16.4. The highest BCUT2D eigenvalue weighted by molar-refractivity contribution is 5.91. The summed E-state index contributed by atoms with van der Waals surface area (Å²) in [5.41, 5.74) is -2.80. The number of aryl methyl sites for hydroxylation is 1. The van der Waals surface area contributed by atoms with E-state index in [1.54, 1.807) is 0 Å². The van der Waals surface area contributed by atoms with E-state index in [-0.39, 0.29) is 47.4 Å². The number of hydrogen-bond acceptors (Lipinski definition) is 5. The maximum Gasteiger partial charge on any atom is 0.420 e. The molecule has 0 bridgehead atoms. The van der Waals surface area contributed by atoms with Crippen LogP contribution in [0.2, 0.25) is 0 Å². The van der Waals surface area contributed by atoms with Gasteiger partial charge in [-0.05, 0) is 38.0 Å². The van der Waals surface area contributed by atoms with E-state index in [0.29, 0.717) is 6.07 Å². The zero-order valence-corrected chi connectivity index (χ0v) is 18.4. The molecule has 35 heavy (non-hydrogen) atoms. The second-order valence-electron chi connectivity index (χ2n) is 8.03. The summed E-state index contributed by atoms with van der Waals surface area (Å²) in [6.07, 6.45) is -7.68. The average Bonchev–Trinajstić information content (AvgIpc) is 3.58. The number of ether oxygens (including phenoxy) is 2. The Hall–Kier alpha value is -3.15. The Bertz CT molecular complexity index is 1220. The van der Waals surface area contributed by atoms with Crippen LogP contribution in [0.3, 0.4) is 0 Å². The third-order valence-corrected chi connectivity index (χ3v) is 5.26. The van der Waals surface area contributed by atoms with Crippen molar-refractivity contribution in [3.63, 3.8) is 0 Å². The molecule has 0 unspecified atom stereocenters. The van der Waals surface area contributed by atoms with Gasteiger partial charge in [-0.3, -0.25) is 0 Å². The van der Waals surface area contributed by atoms with Crippen molar-refractivity contribution in [2.45, 2.75) is 44.8 Å². The number of aromatic nitrogens is 2. The summed E-state index contributed by atoms with van der Waals surface area (Å²) >= 11 is 0. The molecule has 4 rings (SSSR count). The van der Waals surface area contributed by atoms with Crippen molar-refractivity contribution in [1.29, 1.82) is 0 Å². The second kappa shape index (κ2) is 9.48. The monoisotopic (exact) mass is 503 g/mol. The molecule has 1 aliphatic rings. The minimum absolute atomic E-state index is 0.0251. The first-order valence-electron chi connectivity index (χ1n) is 10.7. The van der Waals surface area contributed by atoms with Crippen LogP contribution in [0.15, 0.2) is 30.3 Å². The topological polar surface area (TPSA) is 56.3 Å². The maximum absolute atomic E-state index is 14.4. The van der Waals surface area contributed by atoms with E-state index in [9.17, 15) is 30.7 Å². The van der Waals surface area contributed by atoms with Gasteiger partial charge in [0.1, 0.15) is 29.8 Å².